The molecule has 0 radical (unpaired) electrons. The number of amides is 1. The summed E-state index contributed by atoms with van der Waals surface area (Å²) in [6.45, 7) is 12.9. The predicted octanol–water partition coefficient (Wildman–Crippen LogP) is 3.01. The van der Waals surface area contributed by atoms with Crippen molar-refractivity contribution in [2.45, 2.75) is 64.1 Å². The van der Waals surface area contributed by atoms with Crippen molar-refractivity contribution in [2.24, 2.45) is 0 Å². The molecule has 1 saturated heterocycles. The van der Waals surface area contributed by atoms with Crippen LogP contribution in [0.1, 0.15) is 12.6 Å². The van der Waals surface area contributed by atoms with Gasteiger partial charge in [-0.05, 0) is 51.4 Å². The summed E-state index contributed by atoms with van der Waals surface area (Å²) >= 11 is 0. The van der Waals surface area contributed by atoms with Crippen molar-refractivity contribution in [3.05, 3.63) is 47.1 Å². The Labute approximate surface area is 201 Å². The zero-order chi connectivity index (χ0) is 24.9. The zero-order valence-corrected chi connectivity index (χ0v) is 22.6. The van der Waals surface area contributed by atoms with E-state index in [1.807, 2.05) is 18.2 Å². The first-order valence-electron chi connectivity index (χ1n) is 11.3. The van der Waals surface area contributed by atoms with Crippen molar-refractivity contribution in [1.82, 2.24) is 14.5 Å². The second kappa shape index (κ2) is 10.9. The van der Waals surface area contributed by atoms with E-state index in [4.69, 9.17) is 18.3 Å². The van der Waals surface area contributed by atoms with Crippen LogP contribution in [0.15, 0.2) is 41.5 Å². The molecule has 12 heteroatoms. The molecule has 34 heavy (non-hydrogen) atoms. The molecule has 186 valence electrons. The van der Waals surface area contributed by atoms with Crippen molar-refractivity contribution < 1.29 is 23.1 Å². The number of carbonyl (C=O) groups excluding carboxylic acids is 1. The molecule has 1 N–H and O–H groups in total. The summed E-state index contributed by atoms with van der Waals surface area (Å²) < 4.78 is 25.3. The van der Waals surface area contributed by atoms with Crippen LogP contribution in [0.5, 0.6) is 5.75 Å². The van der Waals surface area contributed by atoms with Crippen LogP contribution in [0.4, 0.5) is 5.95 Å². The van der Waals surface area contributed by atoms with Crippen LogP contribution < -0.4 is 15.7 Å². The number of nitrogens with zero attached hydrogens (tertiary/aromatic N) is 3. The van der Waals surface area contributed by atoms with Gasteiger partial charge in [-0.2, -0.15) is 4.98 Å². The van der Waals surface area contributed by atoms with Crippen molar-refractivity contribution in [2.75, 3.05) is 18.5 Å². The second-order valence-electron chi connectivity index (χ2n) is 10.1. The fourth-order valence-electron chi connectivity index (χ4n) is 3.36. The number of anilines is 1. The number of rotatable bonds is 10. The molecule has 1 aliphatic rings. The van der Waals surface area contributed by atoms with Crippen molar-refractivity contribution in [1.29, 1.82) is 0 Å². The van der Waals surface area contributed by atoms with Crippen LogP contribution in [-0.2, 0) is 18.4 Å². The third-order valence-corrected chi connectivity index (χ3v) is 6.81. The number of hydrogen-bond donors (Lipinski definition) is 1. The minimum atomic E-state index is -1.85. The maximum Gasteiger partial charge on any atom is 0.354 e. The molecule has 0 unspecified atom stereocenters. The number of para-hydroxylation sites is 1. The number of hydrogen-bond acceptors (Lipinski definition) is 8. The summed E-state index contributed by atoms with van der Waals surface area (Å²) in [6.07, 6.45) is 0.778. The first-order chi connectivity index (χ1) is 15.9. The molecule has 1 aliphatic heterocycles. The molecule has 10 nitrogen and oxygen atoms in total. The molecule has 1 fully saturated rings. The Bertz CT molecular complexity index is 1020. The predicted molar refractivity (Wildman–Crippen MR) is 133 cm³/mol. The van der Waals surface area contributed by atoms with Gasteiger partial charge in [0.15, 0.2) is 23.2 Å². The van der Waals surface area contributed by atoms with E-state index in [1.165, 1.54) is 10.9 Å². The summed E-state index contributed by atoms with van der Waals surface area (Å²) in [7, 11) is -3.59. The molecule has 1 aromatic heterocycles. The van der Waals surface area contributed by atoms with Crippen LogP contribution >= 0.6 is 0 Å². The van der Waals surface area contributed by atoms with E-state index < -0.39 is 34.5 Å². The third kappa shape index (κ3) is 8.13. The highest BCUT2D eigenvalue weighted by molar-refractivity contribution is 6.70. The van der Waals surface area contributed by atoms with Crippen LogP contribution in [0, 0.1) is 0 Å². The molecule has 2 heterocycles. The molecule has 2 aromatic rings. The molecule has 0 bridgehead atoms. The number of ether oxygens (including phenoxy) is 2. The largest absolute Gasteiger partial charge is 0.484 e. The zero-order valence-electron chi connectivity index (χ0n) is 20.6. The summed E-state index contributed by atoms with van der Waals surface area (Å²) in [6, 6.07) is 8.95. The lowest BCUT2D eigenvalue weighted by atomic mass is 10.2. The molecule has 3 atom stereocenters. The Morgan fingerprint density at radius 1 is 1.15 bits per heavy atom. The average molecular weight is 507 g/mol. The van der Waals surface area contributed by atoms with Gasteiger partial charge < -0.3 is 18.3 Å². The topological polar surface area (TPSA) is 114 Å². The Morgan fingerprint density at radius 3 is 2.47 bits per heavy atom. The van der Waals surface area contributed by atoms with Crippen LogP contribution in [-0.4, -0.2) is 62.5 Å². The van der Waals surface area contributed by atoms with Gasteiger partial charge >= 0.3 is 5.69 Å². The van der Waals surface area contributed by atoms with Gasteiger partial charge in [0, 0.05) is 6.42 Å². The summed E-state index contributed by atoms with van der Waals surface area (Å²) in [4.78, 5) is 32.8. The van der Waals surface area contributed by atoms with Crippen molar-refractivity contribution in [3.63, 3.8) is 0 Å². The Hall–Kier alpha value is -2.39. The van der Waals surface area contributed by atoms with E-state index in [0.717, 1.165) is 0 Å². The highest BCUT2D eigenvalue weighted by atomic mass is 28.4. The molecule has 1 amide bonds. The van der Waals surface area contributed by atoms with E-state index in [2.05, 4.69) is 54.6 Å². The molecule has 0 spiro atoms. The molecular weight excluding hydrogens is 472 g/mol. The number of benzene rings is 1. The molecule has 0 aliphatic carbocycles. The Balaban J connectivity index is 1.64. The summed E-state index contributed by atoms with van der Waals surface area (Å²) in [5.74, 6) is 0.00909. The van der Waals surface area contributed by atoms with Gasteiger partial charge in [-0.15, -0.1) is 0 Å². The van der Waals surface area contributed by atoms with E-state index in [9.17, 15) is 9.59 Å². The van der Waals surface area contributed by atoms with Gasteiger partial charge in [0.1, 0.15) is 24.4 Å². The van der Waals surface area contributed by atoms with Gasteiger partial charge in [0.2, 0.25) is 5.95 Å². The van der Waals surface area contributed by atoms with Gasteiger partial charge in [0.05, 0.1) is 12.7 Å². The van der Waals surface area contributed by atoms with Crippen LogP contribution in [0.25, 0.3) is 0 Å². The summed E-state index contributed by atoms with van der Waals surface area (Å²) in [5.41, 5.74) is -0.571. The Morgan fingerprint density at radius 2 is 1.85 bits per heavy atom. The Kier molecular flexibility index (Phi) is 8.41. The normalized spacial score (nSPS) is 20.8. The maximum atomic E-state index is 12.7. The first kappa shape index (κ1) is 26.2. The minimum absolute atomic E-state index is 0.0885. The highest BCUT2D eigenvalue weighted by Crippen LogP contribution is 2.32. The molecular formula is C22H34N4O6Si2. The SMILES string of the molecule is C[Si](C)(C)OC[C@H]1O[C@@H](n2cnc(NC(=O)COc3ccccc3)nc2=O)C[C@@H]1O[Si](C)(C)C. The van der Waals surface area contributed by atoms with Gasteiger partial charge in [0.25, 0.3) is 5.91 Å². The van der Waals surface area contributed by atoms with Crippen LogP contribution in [0.3, 0.4) is 0 Å². The van der Waals surface area contributed by atoms with E-state index in [0.29, 0.717) is 18.8 Å². The minimum Gasteiger partial charge on any atom is -0.484 e. The number of carbonyl (C=O) groups is 1. The fraction of sp³-hybridized carbons (Fsp3) is 0.545. The standard InChI is InChI=1S/C22H34N4O6Si2/c1-33(2,3)30-13-18-17(32-34(4,5)6)12-20(31-18)26-15-23-21(25-22(26)28)24-19(27)14-29-16-10-8-7-9-11-16/h7-11,15,17-18,20H,12-14H2,1-6H3,(H,24,25,27,28)/t17-,18+,20+/m0/s1. The molecule has 3 rings (SSSR count). The van der Waals surface area contributed by atoms with E-state index in [1.54, 1.807) is 12.1 Å². The van der Waals surface area contributed by atoms with Gasteiger partial charge in [-0.25, -0.2) is 9.78 Å². The van der Waals surface area contributed by atoms with Crippen molar-refractivity contribution in [3.8, 4) is 5.75 Å². The van der Waals surface area contributed by atoms with E-state index >= 15 is 0 Å². The fourth-order valence-corrected chi connectivity index (χ4v) is 5.18. The lowest BCUT2D eigenvalue weighted by molar-refractivity contribution is -0.118. The monoisotopic (exact) mass is 506 g/mol. The highest BCUT2D eigenvalue weighted by Gasteiger charge is 2.40. The smallest absolute Gasteiger partial charge is 0.354 e. The first-order valence-corrected chi connectivity index (χ1v) is 18.1. The molecule has 1 aromatic carbocycles. The molecule has 0 saturated carbocycles. The quantitative estimate of drug-likeness (QED) is 0.489. The van der Waals surface area contributed by atoms with Crippen molar-refractivity contribution >= 4 is 28.5 Å². The lowest BCUT2D eigenvalue weighted by Crippen LogP contribution is -2.40. The summed E-state index contributed by atoms with van der Waals surface area (Å²) in [5, 5.41) is 2.48. The maximum absolute atomic E-state index is 12.7. The number of nitrogens with one attached hydrogen (secondary N) is 1. The second-order valence-corrected chi connectivity index (χ2v) is 19.1. The number of aromatic nitrogens is 3. The van der Waals surface area contributed by atoms with Crippen LogP contribution in [0.2, 0.25) is 39.3 Å². The average Bonchev–Trinajstić information content (AvgIpc) is 3.11. The third-order valence-electron chi connectivity index (χ3n) is 4.77. The van der Waals surface area contributed by atoms with E-state index in [-0.39, 0.29) is 24.8 Å². The van der Waals surface area contributed by atoms with Gasteiger partial charge in [-0.1, -0.05) is 18.2 Å². The lowest BCUT2D eigenvalue weighted by Gasteiger charge is -2.28. The van der Waals surface area contributed by atoms with Gasteiger partial charge in [-0.3, -0.25) is 14.7 Å².